The lowest BCUT2D eigenvalue weighted by Crippen LogP contribution is -2.45. The number of hydrogen-bond donors (Lipinski definition) is 1. The molecule has 0 aromatic carbocycles. The smallest absolute Gasteiger partial charge is 0.240 e. The molecule has 0 bridgehead atoms. The molecule has 0 aliphatic carbocycles. The molecule has 2 aliphatic heterocycles. The van der Waals surface area contributed by atoms with E-state index in [1.807, 2.05) is 23.7 Å². The van der Waals surface area contributed by atoms with Crippen molar-refractivity contribution in [1.82, 2.24) is 15.1 Å². The summed E-state index contributed by atoms with van der Waals surface area (Å²) in [6.45, 7) is 3.27. The molecule has 4 nitrogen and oxygen atoms in total. The third kappa shape index (κ3) is 3.60. The molecular weight excluding hydrogens is 234 g/mol. The topological polar surface area (TPSA) is 35.6 Å². The van der Waals surface area contributed by atoms with Crippen LogP contribution in [0.25, 0.3) is 0 Å². The Morgan fingerprint density at radius 1 is 1.47 bits per heavy atom. The standard InChI is InChI=1S/C12H23N3OS/c1-14-5-3-10(4-6-14)7-15(2)12(16)11-8-17-9-13-11/h10-11,13H,3-9H2,1-2H3/t11-/m1/s1. The van der Waals surface area contributed by atoms with Gasteiger partial charge in [0.25, 0.3) is 0 Å². The minimum Gasteiger partial charge on any atom is -0.344 e. The van der Waals surface area contributed by atoms with Gasteiger partial charge in [-0.3, -0.25) is 10.1 Å². The summed E-state index contributed by atoms with van der Waals surface area (Å²) < 4.78 is 0. The third-order valence-corrected chi connectivity index (χ3v) is 4.70. The minimum absolute atomic E-state index is 0.0521. The maximum absolute atomic E-state index is 12.1. The van der Waals surface area contributed by atoms with Crippen LogP contribution in [0.5, 0.6) is 0 Å². The Kier molecular flexibility index (Phi) is 4.70. The number of carbonyl (C=O) groups excluding carboxylic acids is 1. The number of nitrogens with one attached hydrogen (secondary N) is 1. The maximum Gasteiger partial charge on any atom is 0.240 e. The molecular formula is C12H23N3OS. The van der Waals surface area contributed by atoms with Crippen molar-refractivity contribution in [3.05, 3.63) is 0 Å². The number of rotatable bonds is 3. The lowest BCUT2D eigenvalue weighted by molar-refractivity contribution is -0.132. The van der Waals surface area contributed by atoms with E-state index < -0.39 is 0 Å². The summed E-state index contributed by atoms with van der Waals surface area (Å²) in [5, 5.41) is 3.25. The van der Waals surface area contributed by atoms with Crippen LogP contribution in [0, 0.1) is 5.92 Å². The molecule has 2 fully saturated rings. The first-order chi connectivity index (χ1) is 8.16. The van der Waals surface area contributed by atoms with Crippen molar-refractivity contribution in [2.45, 2.75) is 18.9 Å². The van der Waals surface area contributed by atoms with Crippen LogP contribution in [0.15, 0.2) is 0 Å². The van der Waals surface area contributed by atoms with Crippen molar-refractivity contribution in [2.24, 2.45) is 5.92 Å². The molecule has 0 aromatic heterocycles. The number of thioether (sulfide) groups is 1. The number of carbonyl (C=O) groups is 1. The summed E-state index contributed by atoms with van der Waals surface area (Å²) in [5.41, 5.74) is 0. The highest BCUT2D eigenvalue weighted by Gasteiger charge is 2.27. The molecule has 1 amide bonds. The number of likely N-dealkylation sites (N-methyl/N-ethyl adjacent to an activating group) is 1. The molecule has 98 valence electrons. The van der Waals surface area contributed by atoms with Gasteiger partial charge in [-0.1, -0.05) is 0 Å². The second kappa shape index (κ2) is 6.07. The number of hydrogen-bond acceptors (Lipinski definition) is 4. The molecule has 17 heavy (non-hydrogen) atoms. The second-order valence-corrected chi connectivity index (χ2v) is 6.27. The van der Waals surface area contributed by atoms with Crippen molar-refractivity contribution >= 4 is 17.7 Å². The molecule has 2 heterocycles. The van der Waals surface area contributed by atoms with E-state index in [1.165, 1.54) is 25.9 Å². The van der Waals surface area contributed by atoms with Gasteiger partial charge in [0.15, 0.2) is 0 Å². The van der Waals surface area contributed by atoms with Gasteiger partial charge in [0.05, 0.1) is 6.04 Å². The van der Waals surface area contributed by atoms with Gasteiger partial charge in [-0.05, 0) is 38.9 Å². The fourth-order valence-electron chi connectivity index (χ4n) is 2.54. The van der Waals surface area contributed by atoms with Gasteiger partial charge < -0.3 is 9.80 Å². The first-order valence-corrected chi connectivity index (χ1v) is 7.57. The first-order valence-electron chi connectivity index (χ1n) is 6.41. The summed E-state index contributed by atoms with van der Waals surface area (Å²) in [6, 6.07) is 0.0521. The Hall–Kier alpha value is -0.260. The van der Waals surface area contributed by atoms with Crippen LogP contribution in [-0.4, -0.2) is 67.1 Å². The molecule has 2 saturated heterocycles. The van der Waals surface area contributed by atoms with Crippen LogP contribution in [0.3, 0.4) is 0 Å². The molecule has 0 radical (unpaired) electrons. The van der Waals surface area contributed by atoms with Crippen LogP contribution >= 0.6 is 11.8 Å². The number of amides is 1. The molecule has 0 aromatic rings. The third-order valence-electron chi connectivity index (χ3n) is 3.76. The SMILES string of the molecule is CN1CCC(CN(C)C(=O)[C@H]2CSCN2)CC1. The van der Waals surface area contributed by atoms with Crippen molar-refractivity contribution in [1.29, 1.82) is 0 Å². The summed E-state index contributed by atoms with van der Waals surface area (Å²) in [5.74, 6) is 2.80. The van der Waals surface area contributed by atoms with Crippen LogP contribution in [-0.2, 0) is 4.79 Å². The average Bonchev–Trinajstić information content (AvgIpc) is 2.84. The number of nitrogens with zero attached hydrogens (tertiary/aromatic N) is 2. The second-order valence-electron chi connectivity index (χ2n) is 5.24. The molecule has 1 atom stereocenters. The zero-order valence-electron chi connectivity index (χ0n) is 10.8. The highest BCUT2D eigenvalue weighted by molar-refractivity contribution is 7.99. The Labute approximate surface area is 108 Å². The fraction of sp³-hybridized carbons (Fsp3) is 0.917. The molecule has 0 unspecified atom stereocenters. The van der Waals surface area contributed by atoms with Gasteiger partial charge in [-0.15, -0.1) is 11.8 Å². The number of likely N-dealkylation sites (tertiary alicyclic amines) is 1. The summed E-state index contributed by atoms with van der Waals surface area (Å²) in [4.78, 5) is 16.4. The molecule has 5 heteroatoms. The van der Waals surface area contributed by atoms with Crippen molar-refractivity contribution in [2.75, 3.05) is 45.4 Å². The van der Waals surface area contributed by atoms with E-state index in [0.717, 1.165) is 18.2 Å². The zero-order chi connectivity index (χ0) is 12.3. The zero-order valence-corrected chi connectivity index (χ0v) is 11.6. The predicted molar refractivity (Wildman–Crippen MR) is 72.1 cm³/mol. The quantitative estimate of drug-likeness (QED) is 0.796. The Balaban J connectivity index is 1.76. The molecule has 0 saturated carbocycles. The van der Waals surface area contributed by atoms with E-state index in [4.69, 9.17) is 0 Å². The van der Waals surface area contributed by atoms with Gasteiger partial charge in [0.2, 0.25) is 5.91 Å². The van der Waals surface area contributed by atoms with E-state index >= 15 is 0 Å². The fourth-order valence-corrected chi connectivity index (χ4v) is 3.47. The lowest BCUT2D eigenvalue weighted by atomic mass is 9.96. The molecule has 2 rings (SSSR count). The van der Waals surface area contributed by atoms with Crippen LogP contribution < -0.4 is 5.32 Å². The van der Waals surface area contributed by atoms with E-state index in [9.17, 15) is 4.79 Å². The van der Waals surface area contributed by atoms with Gasteiger partial charge in [0.1, 0.15) is 0 Å². The van der Waals surface area contributed by atoms with Crippen molar-refractivity contribution in [3.8, 4) is 0 Å². The monoisotopic (exact) mass is 257 g/mol. The number of piperidine rings is 1. The van der Waals surface area contributed by atoms with Gasteiger partial charge in [-0.2, -0.15) is 0 Å². The van der Waals surface area contributed by atoms with E-state index in [-0.39, 0.29) is 11.9 Å². The largest absolute Gasteiger partial charge is 0.344 e. The summed E-state index contributed by atoms with van der Waals surface area (Å²) in [7, 11) is 4.12. The summed E-state index contributed by atoms with van der Waals surface area (Å²) >= 11 is 1.81. The van der Waals surface area contributed by atoms with Crippen molar-refractivity contribution < 1.29 is 4.79 Å². The summed E-state index contributed by atoms with van der Waals surface area (Å²) in [6.07, 6.45) is 2.45. The predicted octanol–water partition coefficient (Wildman–Crippen LogP) is 0.449. The van der Waals surface area contributed by atoms with Gasteiger partial charge in [-0.25, -0.2) is 0 Å². The van der Waals surface area contributed by atoms with Crippen LogP contribution in [0.1, 0.15) is 12.8 Å². The normalized spacial score (nSPS) is 27.3. The van der Waals surface area contributed by atoms with E-state index in [0.29, 0.717) is 5.92 Å². The highest BCUT2D eigenvalue weighted by Crippen LogP contribution is 2.18. The Bertz CT molecular complexity index is 260. The van der Waals surface area contributed by atoms with Gasteiger partial charge in [0, 0.05) is 25.2 Å². The molecule has 0 spiro atoms. The molecule has 1 N–H and O–H groups in total. The highest BCUT2D eigenvalue weighted by atomic mass is 32.2. The Morgan fingerprint density at radius 3 is 2.76 bits per heavy atom. The Morgan fingerprint density at radius 2 is 2.18 bits per heavy atom. The van der Waals surface area contributed by atoms with E-state index in [2.05, 4.69) is 17.3 Å². The van der Waals surface area contributed by atoms with Gasteiger partial charge >= 0.3 is 0 Å². The minimum atomic E-state index is 0.0521. The lowest BCUT2D eigenvalue weighted by Gasteiger charge is -2.32. The van der Waals surface area contributed by atoms with Crippen molar-refractivity contribution in [3.63, 3.8) is 0 Å². The van der Waals surface area contributed by atoms with E-state index in [1.54, 1.807) is 0 Å². The molecule has 2 aliphatic rings. The average molecular weight is 257 g/mol. The van der Waals surface area contributed by atoms with Crippen LogP contribution in [0.2, 0.25) is 0 Å². The van der Waals surface area contributed by atoms with Crippen LogP contribution in [0.4, 0.5) is 0 Å². The first kappa shape index (κ1) is 13.2. The maximum atomic E-state index is 12.1.